The predicted octanol–water partition coefficient (Wildman–Crippen LogP) is 3.62. The molecule has 0 aliphatic heterocycles. The van der Waals surface area contributed by atoms with Crippen molar-refractivity contribution in [3.63, 3.8) is 0 Å². The van der Waals surface area contributed by atoms with Crippen molar-refractivity contribution >= 4 is 51.5 Å². The lowest BCUT2D eigenvalue weighted by Crippen LogP contribution is -2.24. The van der Waals surface area contributed by atoms with Crippen LogP contribution in [0.1, 0.15) is 16.1 Å². The van der Waals surface area contributed by atoms with Gasteiger partial charge in [0.25, 0.3) is 5.91 Å². The number of nitrogens with zero attached hydrogens (tertiary/aromatic N) is 3. The summed E-state index contributed by atoms with van der Waals surface area (Å²) in [6, 6.07) is 3.66. The number of hydrogen-bond donors (Lipinski definition) is 1. The summed E-state index contributed by atoms with van der Waals surface area (Å²) in [5.41, 5.74) is 0.703. The molecule has 0 aliphatic rings. The van der Waals surface area contributed by atoms with E-state index >= 15 is 0 Å². The molecule has 3 aromatic heterocycles. The maximum atomic E-state index is 11.8. The molecule has 1 N–H and O–H groups in total. The van der Waals surface area contributed by atoms with E-state index in [0.29, 0.717) is 28.6 Å². The third-order valence-corrected chi connectivity index (χ3v) is 4.50. The molecule has 114 valence electrons. The molecule has 0 saturated carbocycles. The molecule has 0 atom stereocenters. The molecule has 0 aliphatic carbocycles. The Morgan fingerprint density at radius 3 is 3.05 bits per heavy atom. The van der Waals surface area contributed by atoms with Gasteiger partial charge in [0.1, 0.15) is 5.65 Å². The van der Waals surface area contributed by atoms with E-state index in [2.05, 4.69) is 15.3 Å². The average Bonchev–Trinajstić information content (AvgIpc) is 3.12. The SMILES string of the molecule is O=C(NCCCn1cc(Cl)c2cnc(Cl)nc21)c1cccs1. The summed E-state index contributed by atoms with van der Waals surface area (Å²) in [5, 5.41) is 6.32. The first-order valence-electron chi connectivity index (χ1n) is 6.64. The largest absolute Gasteiger partial charge is 0.351 e. The summed E-state index contributed by atoms with van der Waals surface area (Å²) in [6.07, 6.45) is 4.18. The highest BCUT2D eigenvalue weighted by atomic mass is 35.5. The zero-order chi connectivity index (χ0) is 15.5. The molecule has 0 radical (unpaired) electrons. The van der Waals surface area contributed by atoms with Gasteiger partial charge in [0.15, 0.2) is 0 Å². The summed E-state index contributed by atoms with van der Waals surface area (Å²) in [5.74, 6) is -0.0456. The van der Waals surface area contributed by atoms with E-state index in [1.807, 2.05) is 16.0 Å². The van der Waals surface area contributed by atoms with Crippen LogP contribution in [0.3, 0.4) is 0 Å². The lowest BCUT2D eigenvalue weighted by molar-refractivity contribution is 0.0957. The summed E-state index contributed by atoms with van der Waals surface area (Å²) < 4.78 is 1.92. The molecule has 5 nitrogen and oxygen atoms in total. The smallest absolute Gasteiger partial charge is 0.261 e. The number of carbonyl (C=O) groups is 1. The minimum absolute atomic E-state index is 0.0456. The second-order valence-corrected chi connectivity index (χ2v) is 6.33. The van der Waals surface area contributed by atoms with Gasteiger partial charge in [-0.05, 0) is 29.5 Å². The first-order chi connectivity index (χ1) is 10.6. The normalized spacial score (nSPS) is 11.0. The molecule has 8 heteroatoms. The number of aromatic nitrogens is 3. The maximum Gasteiger partial charge on any atom is 0.261 e. The Labute approximate surface area is 140 Å². The van der Waals surface area contributed by atoms with Gasteiger partial charge in [-0.15, -0.1) is 11.3 Å². The van der Waals surface area contributed by atoms with Crippen LogP contribution in [-0.2, 0) is 6.54 Å². The number of halogens is 2. The first-order valence-corrected chi connectivity index (χ1v) is 8.27. The third kappa shape index (κ3) is 3.24. The van der Waals surface area contributed by atoms with Crippen molar-refractivity contribution in [1.82, 2.24) is 19.9 Å². The molecule has 0 fully saturated rings. The van der Waals surface area contributed by atoms with Crippen LogP contribution in [0.2, 0.25) is 10.3 Å². The van der Waals surface area contributed by atoms with Gasteiger partial charge in [-0.3, -0.25) is 4.79 Å². The topological polar surface area (TPSA) is 59.8 Å². The van der Waals surface area contributed by atoms with Gasteiger partial charge < -0.3 is 9.88 Å². The van der Waals surface area contributed by atoms with Crippen LogP contribution in [0, 0.1) is 0 Å². The number of fused-ring (bicyclic) bond motifs is 1. The van der Waals surface area contributed by atoms with Crippen molar-refractivity contribution in [2.24, 2.45) is 0 Å². The number of thiophene rings is 1. The van der Waals surface area contributed by atoms with E-state index in [-0.39, 0.29) is 11.2 Å². The zero-order valence-electron chi connectivity index (χ0n) is 11.4. The van der Waals surface area contributed by atoms with E-state index in [0.717, 1.165) is 11.8 Å². The summed E-state index contributed by atoms with van der Waals surface area (Å²) in [7, 11) is 0. The number of amides is 1. The Balaban J connectivity index is 1.60. The number of aryl methyl sites for hydroxylation is 1. The second kappa shape index (κ2) is 6.64. The quantitative estimate of drug-likeness (QED) is 0.562. The Kier molecular flexibility index (Phi) is 4.61. The van der Waals surface area contributed by atoms with E-state index < -0.39 is 0 Å². The van der Waals surface area contributed by atoms with Gasteiger partial charge in [-0.2, -0.15) is 4.98 Å². The Morgan fingerprint density at radius 1 is 1.41 bits per heavy atom. The summed E-state index contributed by atoms with van der Waals surface area (Å²) in [6.45, 7) is 1.26. The highest BCUT2D eigenvalue weighted by Crippen LogP contribution is 2.24. The first kappa shape index (κ1) is 15.3. The molecule has 0 unspecified atom stereocenters. The molecule has 0 bridgehead atoms. The molecule has 3 aromatic rings. The van der Waals surface area contributed by atoms with Crippen LogP contribution in [0.4, 0.5) is 0 Å². The van der Waals surface area contributed by atoms with Crippen LogP contribution in [0.5, 0.6) is 0 Å². The van der Waals surface area contributed by atoms with Gasteiger partial charge in [0.2, 0.25) is 5.28 Å². The molecular formula is C14H12Cl2N4OS. The molecule has 0 saturated heterocycles. The summed E-state index contributed by atoms with van der Waals surface area (Å²) in [4.78, 5) is 20.7. The van der Waals surface area contributed by atoms with E-state index in [9.17, 15) is 4.79 Å². The molecular weight excluding hydrogens is 343 g/mol. The third-order valence-electron chi connectivity index (χ3n) is 3.14. The number of nitrogens with one attached hydrogen (secondary N) is 1. The minimum atomic E-state index is -0.0456. The number of carbonyl (C=O) groups excluding carboxylic acids is 1. The predicted molar refractivity (Wildman–Crippen MR) is 88.8 cm³/mol. The van der Waals surface area contributed by atoms with Crippen molar-refractivity contribution in [2.75, 3.05) is 6.54 Å². The van der Waals surface area contributed by atoms with E-state index in [1.165, 1.54) is 11.3 Å². The lowest BCUT2D eigenvalue weighted by Gasteiger charge is -2.06. The Bertz CT molecular complexity index is 801. The second-order valence-electron chi connectivity index (χ2n) is 4.63. The highest BCUT2D eigenvalue weighted by Gasteiger charge is 2.10. The standard InChI is InChI=1S/C14H12Cl2N4OS/c15-10-8-20(12-9(10)7-18-14(16)19-12)5-2-4-17-13(21)11-3-1-6-22-11/h1,3,6-8H,2,4-5H2,(H,17,21). The van der Waals surface area contributed by atoms with Crippen LogP contribution in [0.25, 0.3) is 11.0 Å². The highest BCUT2D eigenvalue weighted by molar-refractivity contribution is 7.12. The summed E-state index contributed by atoms with van der Waals surface area (Å²) >= 11 is 13.4. The average molecular weight is 355 g/mol. The van der Waals surface area contributed by atoms with E-state index in [4.69, 9.17) is 23.2 Å². The fraction of sp³-hybridized carbons (Fsp3) is 0.214. The number of rotatable bonds is 5. The van der Waals surface area contributed by atoms with Crippen molar-refractivity contribution in [3.05, 3.63) is 45.1 Å². The van der Waals surface area contributed by atoms with Gasteiger partial charge in [0.05, 0.1) is 15.3 Å². The lowest BCUT2D eigenvalue weighted by atomic mass is 10.4. The van der Waals surface area contributed by atoms with Crippen molar-refractivity contribution in [2.45, 2.75) is 13.0 Å². The van der Waals surface area contributed by atoms with Gasteiger partial charge in [-0.1, -0.05) is 17.7 Å². The van der Waals surface area contributed by atoms with Crippen molar-refractivity contribution in [1.29, 1.82) is 0 Å². The van der Waals surface area contributed by atoms with E-state index in [1.54, 1.807) is 18.5 Å². The van der Waals surface area contributed by atoms with Crippen molar-refractivity contribution in [3.8, 4) is 0 Å². The van der Waals surface area contributed by atoms with Gasteiger partial charge in [-0.25, -0.2) is 4.98 Å². The Morgan fingerprint density at radius 2 is 2.27 bits per heavy atom. The molecule has 22 heavy (non-hydrogen) atoms. The molecule has 0 spiro atoms. The van der Waals surface area contributed by atoms with Crippen LogP contribution in [0.15, 0.2) is 29.9 Å². The Hall–Kier alpha value is -1.63. The molecule has 1 amide bonds. The molecule has 3 heterocycles. The monoisotopic (exact) mass is 354 g/mol. The zero-order valence-corrected chi connectivity index (χ0v) is 13.8. The minimum Gasteiger partial charge on any atom is -0.351 e. The van der Waals surface area contributed by atoms with Crippen LogP contribution >= 0.6 is 34.5 Å². The van der Waals surface area contributed by atoms with Crippen LogP contribution < -0.4 is 5.32 Å². The van der Waals surface area contributed by atoms with Crippen molar-refractivity contribution < 1.29 is 4.79 Å². The fourth-order valence-electron chi connectivity index (χ4n) is 2.12. The van der Waals surface area contributed by atoms with Gasteiger partial charge >= 0.3 is 0 Å². The maximum absolute atomic E-state index is 11.8. The fourth-order valence-corrected chi connectivity index (χ4v) is 3.14. The molecule has 0 aromatic carbocycles. The van der Waals surface area contributed by atoms with Gasteiger partial charge in [0, 0.05) is 25.5 Å². The molecule has 3 rings (SSSR count). The van der Waals surface area contributed by atoms with Crippen LogP contribution in [-0.4, -0.2) is 27.0 Å². The number of hydrogen-bond acceptors (Lipinski definition) is 4.